The molecule has 0 unspecified atom stereocenters. The van der Waals surface area contributed by atoms with Gasteiger partial charge >= 0.3 is 0 Å². The number of fused-ring (bicyclic) bond motifs is 1. The molecule has 2 atom stereocenters. The van der Waals surface area contributed by atoms with Crippen LogP contribution in [0.1, 0.15) is 37.7 Å². The largest absolute Gasteiger partial charge is 0.356 e. The van der Waals surface area contributed by atoms with Crippen LogP contribution in [0, 0.1) is 5.92 Å². The van der Waals surface area contributed by atoms with Crippen LogP contribution in [0.15, 0.2) is 30.3 Å². The van der Waals surface area contributed by atoms with Crippen molar-refractivity contribution in [1.82, 2.24) is 5.32 Å². The first-order valence-corrected chi connectivity index (χ1v) is 6.66. The van der Waals surface area contributed by atoms with Crippen molar-refractivity contribution < 1.29 is 4.79 Å². The Balaban J connectivity index is 2.05. The van der Waals surface area contributed by atoms with Crippen LogP contribution in [0.25, 0.3) is 0 Å². The highest BCUT2D eigenvalue weighted by atomic mass is 16.1. The fourth-order valence-corrected chi connectivity index (χ4v) is 3.75. The van der Waals surface area contributed by atoms with Gasteiger partial charge in [-0.3, -0.25) is 4.79 Å². The van der Waals surface area contributed by atoms with E-state index in [4.69, 9.17) is 0 Å². The van der Waals surface area contributed by atoms with Crippen LogP contribution in [-0.2, 0) is 10.2 Å². The third-order valence-electron chi connectivity index (χ3n) is 4.55. The molecule has 1 N–H and O–H groups in total. The van der Waals surface area contributed by atoms with E-state index in [9.17, 15) is 4.79 Å². The predicted octanol–water partition coefficient (Wildman–Crippen LogP) is 2.63. The number of carbonyl (C=O) groups is 1. The molecule has 1 aliphatic carbocycles. The summed E-state index contributed by atoms with van der Waals surface area (Å²) in [6, 6.07) is 10.7. The molecule has 90 valence electrons. The number of nitrogens with one attached hydrogen (secondary N) is 1. The highest BCUT2D eigenvalue weighted by Gasteiger charge is 2.48. The topological polar surface area (TPSA) is 29.1 Å². The lowest BCUT2D eigenvalue weighted by atomic mass is 9.69. The van der Waals surface area contributed by atoms with Crippen molar-refractivity contribution in [2.75, 3.05) is 6.54 Å². The lowest BCUT2D eigenvalue weighted by molar-refractivity contribution is -0.125. The Bertz CT molecular complexity index is 414. The van der Waals surface area contributed by atoms with E-state index < -0.39 is 0 Å². The van der Waals surface area contributed by atoms with Crippen molar-refractivity contribution in [3.8, 4) is 0 Å². The molecule has 0 radical (unpaired) electrons. The van der Waals surface area contributed by atoms with E-state index in [1.807, 2.05) is 0 Å². The minimum atomic E-state index is 0.127. The van der Waals surface area contributed by atoms with Gasteiger partial charge in [-0.05, 0) is 31.2 Å². The van der Waals surface area contributed by atoms with Gasteiger partial charge in [0.25, 0.3) is 0 Å². The standard InChI is InChI=1S/C15H19NO/c17-14-13-8-4-9-15(13,10-5-11-16-14)12-6-2-1-3-7-12/h1-3,6-7,13H,4-5,8-11H2,(H,16,17)/t13-,15-/m0/s1. The predicted molar refractivity (Wildman–Crippen MR) is 67.7 cm³/mol. The van der Waals surface area contributed by atoms with Crippen LogP contribution >= 0.6 is 0 Å². The second-order valence-electron chi connectivity index (χ2n) is 5.36. The molecule has 1 aromatic carbocycles. The molecule has 1 heterocycles. The number of amides is 1. The van der Waals surface area contributed by atoms with Gasteiger partial charge in [0.2, 0.25) is 5.91 Å². The van der Waals surface area contributed by atoms with Crippen molar-refractivity contribution in [2.45, 2.75) is 37.5 Å². The molecule has 2 fully saturated rings. The lowest BCUT2D eigenvalue weighted by Gasteiger charge is -2.33. The van der Waals surface area contributed by atoms with Crippen molar-refractivity contribution >= 4 is 5.91 Å². The van der Waals surface area contributed by atoms with Gasteiger partial charge in [0.1, 0.15) is 0 Å². The Morgan fingerprint density at radius 2 is 1.88 bits per heavy atom. The fourth-order valence-electron chi connectivity index (χ4n) is 3.75. The zero-order valence-electron chi connectivity index (χ0n) is 10.1. The summed E-state index contributed by atoms with van der Waals surface area (Å²) in [5.41, 5.74) is 1.50. The molecule has 2 aliphatic rings. The SMILES string of the molecule is O=C1NCCC[C@]2(c3ccccc3)CCC[C@@H]12. The van der Waals surface area contributed by atoms with Crippen molar-refractivity contribution in [2.24, 2.45) is 5.92 Å². The quantitative estimate of drug-likeness (QED) is 0.788. The number of carbonyl (C=O) groups excluding carboxylic acids is 1. The summed E-state index contributed by atoms with van der Waals surface area (Å²) in [4.78, 5) is 12.2. The van der Waals surface area contributed by atoms with E-state index in [2.05, 4.69) is 35.6 Å². The van der Waals surface area contributed by atoms with E-state index in [1.165, 1.54) is 18.4 Å². The van der Waals surface area contributed by atoms with Crippen molar-refractivity contribution in [3.63, 3.8) is 0 Å². The maximum absolute atomic E-state index is 12.2. The summed E-state index contributed by atoms with van der Waals surface area (Å²) >= 11 is 0. The fraction of sp³-hybridized carbons (Fsp3) is 0.533. The van der Waals surface area contributed by atoms with E-state index in [0.29, 0.717) is 0 Å². The average Bonchev–Trinajstić information content (AvgIpc) is 2.74. The van der Waals surface area contributed by atoms with Crippen LogP contribution in [0.3, 0.4) is 0 Å². The van der Waals surface area contributed by atoms with Crippen LogP contribution < -0.4 is 5.32 Å². The summed E-state index contributed by atoms with van der Waals surface area (Å²) in [7, 11) is 0. The summed E-state index contributed by atoms with van der Waals surface area (Å²) < 4.78 is 0. The molecule has 1 saturated carbocycles. The van der Waals surface area contributed by atoms with Gasteiger partial charge in [-0.25, -0.2) is 0 Å². The second-order valence-corrected chi connectivity index (χ2v) is 5.36. The highest BCUT2D eigenvalue weighted by molar-refractivity contribution is 5.81. The molecule has 1 aliphatic heterocycles. The van der Waals surface area contributed by atoms with Crippen LogP contribution in [0.5, 0.6) is 0 Å². The Morgan fingerprint density at radius 3 is 2.71 bits per heavy atom. The first kappa shape index (κ1) is 10.8. The summed E-state index contributed by atoms with van der Waals surface area (Å²) in [5, 5.41) is 3.07. The molecular weight excluding hydrogens is 210 g/mol. The molecular formula is C15H19NO. The Labute approximate surface area is 102 Å². The molecule has 1 saturated heterocycles. The Hall–Kier alpha value is -1.31. The lowest BCUT2D eigenvalue weighted by Crippen LogP contribution is -2.38. The smallest absolute Gasteiger partial charge is 0.224 e. The van der Waals surface area contributed by atoms with E-state index >= 15 is 0 Å². The highest BCUT2D eigenvalue weighted by Crippen LogP contribution is 2.49. The third kappa shape index (κ3) is 1.67. The van der Waals surface area contributed by atoms with Gasteiger partial charge < -0.3 is 5.32 Å². The number of rotatable bonds is 1. The average molecular weight is 229 g/mol. The molecule has 17 heavy (non-hydrogen) atoms. The van der Waals surface area contributed by atoms with Crippen LogP contribution in [0.4, 0.5) is 0 Å². The van der Waals surface area contributed by atoms with E-state index in [0.717, 1.165) is 25.8 Å². The van der Waals surface area contributed by atoms with Gasteiger partial charge in [-0.1, -0.05) is 36.8 Å². The number of benzene rings is 1. The minimum Gasteiger partial charge on any atom is -0.356 e. The zero-order valence-corrected chi connectivity index (χ0v) is 10.1. The van der Waals surface area contributed by atoms with Gasteiger partial charge in [0, 0.05) is 17.9 Å². The van der Waals surface area contributed by atoms with Gasteiger partial charge in [0.15, 0.2) is 0 Å². The molecule has 0 bridgehead atoms. The maximum atomic E-state index is 12.2. The summed E-state index contributed by atoms with van der Waals surface area (Å²) in [5.74, 6) is 0.483. The van der Waals surface area contributed by atoms with Gasteiger partial charge in [-0.2, -0.15) is 0 Å². The monoisotopic (exact) mass is 229 g/mol. The summed E-state index contributed by atoms with van der Waals surface area (Å²) in [6.45, 7) is 0.851. The molecule has 1 amide bonds. The number of hydrogen-bond donors (Lipinski definition) is 1. The molecule has 2 heteroatoms. The molecule has 3 rings (SSSR count). The van der Waals surface area contributed by atoms with Crippen molar-refractivity contribution in [1.29, 1.82) is 0 Å². The van der Waals surface area contributed by atoms with Gasteiger partial charge in [-0.15, -0.1) is 0 Å². The zero-order chi connectivity index (χ0) is 11.7. The summed E-state index contributed by atoms with van der Waals surface area (Å²) in [6.07, 6.45) is 5.68. The van der Waals surface area contributed by atoms with Crippen LogP contribution in [0.2, 0.25) is 0 Å². The molecule has 1 aromatic rings. The van der Waals surface area contributed by atoms with Gasteiger partial charge in [0.05, 0.1) is 0 Å². The number of hydrogen-bond acceptors (Lipinski definition) is 1. The first-order valence-electron chi connectivity index (χ1n) is 6.66. The maximum Gasteiger partial charge on any atom is 0.224 e. The normalized spacial score (nSPS) is 32.7. The second kappa shape index (κ2) is 4.17. The molecule has 0 spiro atoms. The molecule has 2 nitrogen and oxygen atoms in total. The van der Waals surface area contributed by atoms with E-state index in [1.54, 1.807) is 0 Å². The van der Waals surface area contributed by atoms with Crippen molar-refractivity contribution in [3.05, 3.63) is 35.9 Å². The first-order chi connectivity index (χ1) is 8.33. The third-order valence-corrected chi connectivity index (χ3v) is 4.55. The van der Waals surface area contributed by atoms with E-state index in [-0.39, 0.29) is 17.2 Å². The Kier molecular flexibility index (Phi) is 2.65. The Morgan fingerprint density at radius 1 is 1.12 bits per heavy atom. The minimum absolute atomic E-state index is 0.127. The molecule has 0 aromatic heterocycles. The van der Waals surface area contributed by atoms with Crippen LogP contribution in [-0.4, -0.2) is 12.5 Å².